The molecule has 4 nitrogen and oxygen atoms in total. The topological polar surface area (TPSA) is 69.4 Å². The zero-order valence-electron chi connectivity index (χ0n) is 10.4. The highest BCUT2D eigenvalue weighted by Gasteiger charge is 2.26. The van der Waals surface area contributed by atoms with Crippen molar-refractivity contribution in [3.05, 3.63) is 29.8 Å². The van der Waals surface area contributed by atoms with Crippen LogP contribution in [-0.4, -0.2) is 27.0 Å². The summed E-state index contributed by atoms with van der Waals surface area (Å²) in [5.74, 6) is 0.730. The summed E-state index contributed by atoms with van der Waals surface area (Å²) in [7, 11) is -1.55. The molecule has 96 valence electrons. The van der Waals surface area contributed by atoms with E-state index in [-0.39, 0.29) is 0 Å². The molecule has 1 rings (SSSR count). The fourth-order valence-electron chi connectivity index (χ4n) is 1.86. The van der Waals surface area contributed by atoms with Gasteiger partial charge in [0.1, 0.15) is 5.75 Å². The molecule has 5 heteroatoms. The molecular formula is C12H19NO3S. The molecule has 0 radical (unpaired) electrons. The van der Waals surface area contributed by atoms with Gasteiger partial charge >= 0.3 is 0 Å². The lowest BCUT2D eigenvalue weighted by Gasteiger charge is -2.21. The third-order valence-corrected chi connectivity index (χ3v) is 4.58. The van der Waals surface area contributed by atoms with Gasteiger partial charge in [0.25, 0.3) is 0 Å². The van der Waals surface area contributed by atoms with Crippen LogP contribution < -0.4 is 10.5 Å². The molecule has 0 heterocycles. The Kier molecular flexibility index (Phi) is 4.54. The van der Waals surface area contributed by atoms with E-state index in [9.17, 15) is 8.42 Å². The van der Waals surface area contributed by atoms with Gasteiger partial charge in [-0.15, -0.1) is 0 Å². The van der Waals surface area contributed by atoms with Crippen LogP contribution in [0.4, 0.5) is 0 Å². The minimum absolute atomic E-state index is 0.499. The van der Waals surface area contributed by atoms with Gasteiger partial charge in [-0.25, -0.2) is 8.42 Å². The summed E-state index contributed by atoms with van der Waals surface area (Å²) in [5.41, 5.74) is 6.82. The maximum Gasteiger partial charge on any atom is 0.152 e. The Bertz CT molecular complexity index is 453. The summed E-state index contributed by atoms with van der Waals surface area (Å²) in [6, 6.07) is 6.67. The summed E-state index contributed by atoms with van der Waals surface area (Å²) >= 11 is 0. The van der Waals surface area contributed by atoms with Gasteiger partial charge < -0.3 is 10.5 Å². The van der Waals surface area contributed by atoms with Gasteiger partial charge in [0.15, 0.2) is 9.84 Å². The monoisotopic (exact) mass is 257 g/mol. The lowest BCUT2D eigenvalue weighted by atomic mass is 10.0. The molecule has 0 amide bonds. The summed E-state index contributed by atoms with van der Waals surface area (Å²) in [5, 5.41) is -0.545. The van der Waals surface area contributed by atoms with Crippen LogP contribution in [0.3, 0.4) is 0 Å². The first-order chi connectivity index (χ1) is 7.90. The number of hydrogen-bond donors (Lipinski definition) is 1. The number of hydrogen-bond acceptors (Lipinski definition) is 4. The van der Waals surface area contributed by atoms with Crippen molar-refractivity contribution in [2.75, 3.05) is 13.4 Å². The average molecular weight is 257 g/mol. The number of nitrogens with two attached hydrogens (primary N) is 1. The Morgan fingerprint density at radius 2 is 1.82 bits per heavy atom. The zero-order chi connectivity index (χ0) is 13.1. The molecule has 0 bridgehead atoms. The third kappa shape index (κ3) is 3.44. The second kappa shape index (κ2) is 5.51. The van der Waals surface area contributed by atoms with Crippen LogP contribution in [-0.2, 0) is 9.84 Å². The summed E-state index contributed by atoms with van der Waals surface area (Å²) in [4.78, 5) is 0. The Balaban J connectivity index is 2.98. The average Bonchev–Trinajstić information content (AvgIpc) is 2.28. The Labute approximate surface area is 103 Å². The molecule has 0 aliphatic rings. The lowest BCUT2D eigenvalue weighted by Crippen LogP contribution is -2.32. The smallest absolute Gasteiger partial charge is 0.152 e. The van der Waals surface area contributed by atoms with Crippen molar-refractivity contribution in [2.24, 2.45) is 5.73 Å². The van der Waals surface area contributed by atoms with Crippen LogP contribution in [0, 0.1) is 0 Å². The second-order valence-electron chi connectivity index (χ2n) is 4.08. The van der Waals surface area contributed by atoms with Crippen LogP contribution >= 0.6 is 0 Å². The van der Waals surface area contributed by atoms with E-state index >= 15 is 0 Å². The summed E-state index contributed by atoms with van der Waals surface area (Å²) < 4.78 is 28.2. The largest absolute Gasteiger partial charge is 0.497 e. The van der Waals surface area contributed by atoms with Crippen molar-refractivity contribution in [1.82, 2.24) is 0 Å². The highest BCUT2D eigenvalue weighted by molar-refractivity contribution is 7.91. The van der Waals surface area contributed by atoms with E-state index in [2.05, 4.69) is 0 Å². The van der Waals surface area contributed by atoms with E-state index in [1.807, 2.05) is 6.92 Å². The Hall–Kier alpha value is -1.07. The molecule has 2 atom stereocenters. The van der Waals surface area contributed by atoms with E-state index in [4.69, 9.17) is 10.5 Å². The fraction of sp³-hybridized carbons (Fsp3) is 0.500. The van der Waals surface area contributed by atoms with E-state index in [1.165, 1.54) is 6.26 Å². The van der Waals surface area contributed by atoms with Crippen molar-refractivity contribution in [3.8, 4) is 5.75 Å². The molecule has 0 unspecified atom stereocenters. The number of rotatable bonds is 5. The molecule has 0 saturated carbocycles. The predicted octanol–water partition coefficient (Wildman–Crippen LogP) is 1.52. The predicted molar refractivity (Wildman–Crippen MR) is 68.8 cm³/mol. The van der Waals surface area contributed by atoms with Crippen molar-refractivity contribution in [3.63, 3.8) is 0 Å². The van der Waals surface area contributed by atoms with E-state index in [0.717, 1.165) is 11.3 Å². The molecule has 0 fully saturated rings. The Morgan fingerprint density at radius 1 is 1.29 bits per heavy atom. The van der Waals surface area contributed by atoms with Crippen molar-refractivity contribution < 1.29 is 13.2 Å². The van der Waals surface area contributed by atoms with Gasteiger partial charge in [0.2, 0.25) is 0 Å². The molecule has 1 aromatic rings. The normalized spacial score (nSPS) is 15.3. The first kappa shape index (κ1) is 14.0. The molecule has 0 aromatic heterocycles. The van der Waals surface area contributed by atoms with Crippen LogP contribution in [0.15, 0.2) is 24.3 Å². The van der Waals surface area contributed by atoms with E-state index in [0.29, 0.717) is 6.42 Å². The standard InChI is InChI=1S/C12H19NO3S/c1-4-11(17(3,14)15)12(13)9-5-7-10(16-2)8-6-9/h5-8,11-12H,4,13H2,1-3H3/t11-,12+/m1/s1. The third-order valence-electron chi connectivity index (χ3n) is 2.85. The summed E-state index contributed by atoms with van der Waals surface area (Å²) in [6.07, 6.45) is 1.73. The molecule has 17 heavy (non-hydrogen) atoms. The van der Waals surface area contributed by atoms with Gasteiger partial charge in [0, 0.05) is 12.3 Å². The highest BCUT2D eigenvalue weighted by atomic mass is 32.2. The number of benzene rings is 1. The zero-order valence-corrected chi connectivity index (χ0v) is 11.2. The minimum Gasteiger partial charge on any atom is -0.497 e. The van der Waals surface area contributed by atoms with Crippen molar-refractivity contribution >= 4 is 9.84 Å². The van der Waals surface area contributed by atoms with Crippen molar-refractivity contribution in [2.45, 2.75) is 24.6 Å². The summed E-state index contributed by atoms with van der Waals surface area (Å²) in [6.45, 7) is 1.83. The lowest BCUT2D eigenvalue weighted by molar-refractivity contribution is 0.414. The molecular weight excluding hydrogens is 238 g/mol. The second-order valence-corrected chi connectivity index (χ2v) is 6.34. The van der Waals surface area contributed by atoms with Crippen molar-refractivity contribution in [1.29, 1.82) is 0 Å². The highest BCUT2D eigenvalue weighted by Crippen LogP contribution is 2.23. The maximum absolute atomic E-state index is 11.6. The number of methoxy groups -OCH3 is 1. The van der Waals surface area contributed by atoms with E-state index < -0.39 is 21.1 Å². The molecule has 0 spiro atoms. The van der Waals surface area contributed by atoms with Crippen LogP contribution in [0.1, 0.15) is 24.9 Å². The number of ether oxygens (including phenoxy) is 1. The maximum atomic E-state index is 11.6. The molecule has 1 aromatic carbocycles. The van der Waals surface area contributed by atoms with Crippen LogP contribution in [0.5, 0.6) is 5.75 Å². The minimum atomic E-state index is -3.13. The molecule has 0 aliphatic carbocycles. The first-order valence-electron chi connectivity index (χ1n) is 5.48. The molecule has 2 N–H and O–H groups in total. The van der Waals surface area contributed by atoms with Crippen LogP contribution in [0.2, 0.25) is 0 Å². The van der Waals surface area contributed by atoms with Crippen LogP contribution in [0.25, 0.3) is 0 Å². The van der Waals surface area contributed by atoms with Gasteiger partial charge in [-0.1, -0.05) is 19.1 Å². The van der Waals surface area contributed by atoms with Gasteiger partial charge in [-0.3, -0.25) is 0 Å². The van der Waals surface area contributed by atoms with E-state index in [1.54, 1.807) is 31.4 Å². The number of sulfone groups is 1. The first-order valence-corrected chi connectivity index (χ1v) is 7.44. The van der Waals surface area contributed by atoms with Gasteiger partial charge in [-0.2, -0.15) is 0 Å². The Morgan fingerprint density at radius 3 is 2.18 bits per heavy atom. The quantitative estimate of drug-likeness (QED) is 0.868. The molecule has 0 aliphatic heterocycles. The van der Waals surface area contributed by atoms with Gasteiger partial charge in [0.05, 0.1) is 12.4 Å². The van der Waals surface area contributed by atoms with Gasteiger partial charge in [-0.05, 0) is 24.1 Å². The molecule has 0 saturated heterocycles. The SMILES string of the molecule is CC[C@H]([C@@H](N)c1ccc(OC)cc1)S(C)(=O)=O. The fourth-order valence-corrected chi connectivity index (χ4v) is 3.16.